The molecule has 0 aliphatic carbocycles. The molecule has 0 aromatic heterocycles. The number of imide groups is 2. The Morgan fingerprint density at radius 1 is 0.491 bits per heavy atom. The van der Waals surface area contributed by atoms with E-state index in [2.05, 4.69) is 13.8 Å². The number of anilines is 1. The second-order valence-corrected chi connectivity index (χ2v) is 15.2. The highest BCUT2D eigenvalue weighted by Gasteiger charge is 2.39. The Labute approximate surface area is 310 Å². The molecule has 0 bridgehead atoms. The van der Waals surface area contributed by atoms with Crippen LogP contribution in [0.15, 0.2) is 72.8 Å². The average Bonchev–Trinajstić information content (AvgIpc) is 3.17. The van der Waals surface area contributed by atoms with E-state index < -0.39 is 0 Å². The number of hydrogen-bond acceptors (Lipinski definition) is 5. The number of rotatable bonds is 14. The van der Waals surface area contributed by atoms with Gasteiger partial charge in [-0.25, -0.2) is 0 Å². The molecule has 2 heterocycles. The number of carbonyl (C=O) groups excluding carboxylic acids is 4. The number of hydrogen-bond donors (Lipinski definition) is 0. The SMILES string of the molecule is CCCCCCC(CCCCCC)N1C(=O)c2ccc3c4ccc5c6c(ccc(c7ccc(c2c37)C1=O)c64)C(=O)N(Cc1ccc(N(C)C)cc1)C5=O. The van der Waals surface area contributed by atoms with Crippen LogP contribution in [0.4, 0.5) is 5.69 Å². The van der Waals surface area contributed by atoms with E-state index in [-0.39, 0.29) is 36.2 Å². The summed E-state index contributed by atoms with van der Waals surface area (Å²) in [5.74, 6) is -1.03. The van der Waals surface area contributed by atoms with E-state index in [4.69, 9.17) is 0 Å². The minimum absolute atomic E-state index is 0.122. The van der Waals surface area contributed by atoms with Crippen molar-refractivity contribution in [2.24, 2.45) is 0 Å². The first kappa shape index (κ1) is 34.8. The number of fused-ring (bicyclic) bond motifs is 2. The van der Waals surface area contributed by atoms with Crippen molar-refractivity contribution in [1.82, 2.24) is 9.80 Å². The zero-order chi connectivity index (χ0) is 37.0. The molecule has 2 aliphatic heterocycles. The maximum absolute atomic E-state index is 14.4. The first-order valence-corrected chi connectivity index (χ1v) is 19.5. The fourth-order valence-corrected chi connectivity index (χ4v) is 8.91. The molecule has 2 aliphatic rings. The number of nitrogens with zero attached hydrogens (tertiary/aromatic N) is 3. The van der Waals surface area contributed by atoms with Crippen LogP contribution in [0.25, 0.3) is 43.1 Å². The molecule has 0 atom stereocenters. The Bertz CT molecular complexity index is 2300. The van der Waals surface area contributed by atoms with Crippen LogP contribution in [0.3, 0.4) is 0 Å². The number of carbonyl (C=O) groups is 4. The zero-order valence-corrected chi connectivity index (χ0v) is 31.3. The maximum Gasteiger partial charge on any atom is 0.261 e. The Morgan fingerprint density at radius 2 is 0.906 bits per heavy atom. The van der Waals surface area contributed by atoms with E-state index in [1.807, 2.05) is 91.8 Å². The van der Waals surface area contributed by atoms with E-state index in [1.165, 1.54) is 4.90 Å². The van der Waals surface area contributed by atoms with E-state index in [0.717, 1.165) is 108 Å². The molecule has 270 valence electrons. The smallest absolute Gasteiger partial charge is 0.261 e. The first-order valence-electron chi connectivity index (χ1n) is 19.5. The minimum atomic E-state index is -0.311. The average molecular weight is 706 g/mol. The Morgan fingerprint density at radius 3 is 1.30 bits per heavy atom. The highest BCUT2D eigenvalue weighted by atomic mass is 16.2. The standard InChI is InChI=1S/C46H47N3O4/c1-5-7-9-11-13-30(14-12-10-8-6-2)49-45(52)37-25-21-33-31-19-23-35-41-36(44(51)48(43(35)50)27-28-15-17-29(18-16-28)47(3)4)24-20-32(39(31)41)34-22-26-38(46(49)53)42(37)40(33)34/h15-26,30H,5-14,27H2,1-4H3. The molecule has 0 spiro atoms. The molecule has 53 heavy (non-hydrogen) atoms. The molecule has 7 heteroatoms. The second-order valence-electron chi connectivity index (χ2n) is 15.2. The summed E-state index contributed by atoms with van der Waals surface area (Å²) in [6.07, 6.45) is 10.5. The predicted octanol–water partition coefficient (Wildman–Crippen LogP) is 10.5. The Kier molecular flexibility index (Phi) is 9.13. The van der Waals surface area contributed by atoms with Gasteiger partial charge < -0.3 is 4.90 Å². The van der Waals surface area contributed by atoms with Crippen LogP contribution < -0.4 is 4.90 Å². The third-order valence-corrected chi connectivity index (χ3v) is 11.7. The van der Waals surface area contributed by atoms with Crippen molar-refractivity contribution >= 4 is 72.4 Å². The monoisotopic (exact) mass is 705 g/mol. The van der Waals surface area contributed by atoms with Crippen molar-refractivity contribution < 1.29 is 19.2 Å². The molecule has 6 aromatic carbocycles. The topological polar surface area (TPSA) is 78.0 Å². The van der Waals surface area contributed by atoms with Gasteiger partial charge >= 0.3 is 0 Å². The highest BCUT2D eigenvalue weighted by molar-refractivity contribution is 6.41. The van der Waals surface area contributed by atoms with Gasteiger partial charge in [0, 0.05) is 58.9 Å². The summed E-state index contributed by atoms with van der Waals surface area (Å²) >= 11 is 0. The van der Waals surface area contributed by atoms with Crippen molar-refractivity contribution in [3.8, 4) is 0 Å². The lowest BCUT2D eigenvalue weighted by atomic mass is 9.82. The molecule has 0 saturated carbocycles. The van der Waals surface area contributed by atoms with Crippen molar-refractivity contribution in [2.45, 2.75) is 90.6 Å². The third kappa shape index (κ3) is 5.63. The molecular formula is C46H47N3O4. The number of unbranched alkanes of at least 4 members (excludes halogenated alkanes) is 6. The van der Waals surface area contributed by atoms with Gasteiger partial charge in [-0.3, -0.25) is 29.0 Å². The molecule has 0 N–H and O–H groups in total. The van der Waals surface area contributed by atoms with Crippen LogP contribution in [-0.4, -0.2) is 53.6 Å². The van der Waals surface area contributed by atoms with Gasteiger partial charge in [-0.1, -0.05) is 102 Å². The third-order valence-electron chi connectivity index (χ3n) is 11.7. The van der Waals surface area contributed by atoms with Crippen LogP contribution in [0.1, 0.15) is 125 Å². The molecule has 6 aromatic rings. The predicted molar refractivity (Wildman–Crippen MR) is 214 cm³/mol. The summed E-state index contributed by atoms with van der Waals surface area (Å²) in [5, 5.41) is 6.74. The Hall–Kier alpha value is -5.30. The lowest BCUT2D eigenvalue weighted by molar-refractivity contribution is 0.0514. The lowest BCUT2D eigenvalue weighted by Gasteiger charge is -2.35. The minimum Gasteiger partial charge on any atom is -0.378 e. The quantitative estimate of drug-likeness (QED) is 0.0488. The molecule has 7 nitrogen and oxygen atoms in total. The van der Waals surface area contributed by atoms with Crippen molar-refractivity contribution in [3.05, 3.63) is 101 Å². The molecule has 8 rings (SSSR count). The van der Waals surface area contributed by atoms with E-state index in [1.54, 1.807) is 4.90 Å². The van der Waals surface area contributed by atoms with Crippen LogP contribution in [0.2, 0.25) is 0 Å². The van der Waals surface area contributed by atoms with Gasteiger partial charge in [0.25, 0.3) is 23.6 Å². The van der Waals surface area contributed by atoms with Crippen molar-refractivity contribution in [1.29, 1.82) is 0 Å². The molecular weight excluding hydrogens is 659 g/mol. The van der Waals surface area contributed by atoms with Crippen LogP contribution in [0, 0.1) is 0 Å². The fourth-order valence-electron chi connectivity index (χ4n) is 8.91. The van der Waals surface area contributed by atoms with Gasteiger partial charge in [0.15, 0.2) is 0 Å². The van der Waals surface area contributed by atoms with Crippen LogP contribution in [-0.2, 0) is 6.54 Å². The van der Waals surface area contributed by atoms with Crippen LogP contribution >= 0.6 is 0 Å². The molecule has 0 fully saturated rings. The summed E-state index contributed by atoms with van der Waals surface area (Å²) in [4.78, 5) is 61.9. The largest absolute Gasteiger partial charge is 0.378 e. The molecule has 0 unspecified atom stereocenters. The fraction of sp³-hybridized carbons (Fsp3) is 0.348. The van der Waals surface area contributed by atoms with E-state index in [0.29, 0.717) is 33.0 Å². The van der Waals surface area contributed by atoms with Crippen molar-refractivity contribution in [3.63, 3.8) is 0 Å². The normalized spacial score (nSPS) is 14.4. The summed E-state index contributed by atoms with van der Waals surface area (Å²) in [5.41, 5.74) is 4.07. The zero-order valence-electron chi connectivity index (χ0n) is 31.3. The van der Waals surface area contributed by atoms with E-state index in [9.17, 15) is 19.2 Å². The lowest BCUT2D eigenvalue weighted by Crippen LogP contribution is -2.47. The van der Waals surface area contributed by atoms with Crippen LogP contribution in [0.5, 0.6) is 0 Å². The maximum atomic E-state index is 14.4. The van der Waals surface area contributed by atoms with Crippen molar-refractivity contribution in [2.75, 3.05) is 19.0 Å². The van der Waals surface area contributed by atoms with Gasteiger partial charge in [-0.05, 0) is 87.1 Å². The summed E-state index contributed by atoms with van der Waals surface area (Å²) in [7, 11) is 3.95. The van der Waals surface area contributed by atoms with Gasteiger partial charge in [0.2, 0.25) is 0 Å². The number of benzene rings is 6. The van der Waals surface area contributed by atoms with Gasteiger partial charge in [-0.2, -0.15) is 0 Å². The summed E-state index contributed by atoms with van der Waals surface area (Å²) in [6.45, 7) is 4.57. The summed E-state index contributed by atoms with van der Waals surface area (Å²) < 4.78 is 0. The first-order chi connectivity index (χ1) is 25.7. The molecule has 4 amide bonds. The number of amides is 4. The Balaban J connectivity index is 1.21. The van der Waals surface area contributed by atoms with Gasteiger partial charge in [0.1, 0.15) is 0 Å². The second kappa shape index (κ2) is 13.9. The highest BCUT2D eigenvalue weighted by Crippen LogP contribution is 2.46. The van der Waals surface area contributed by atoms with Gasteiger partial charge in [0.05, 0.1) is 6.54 Å². The van der Waals surface area contributed by atoms with E-state index >= 15 is 0 Å². The summed E-state index contributed by atoms with van der Waals surface area (Å²) in [6, 6.07) is 23.1. The van der Waals surface area contributed by atoms with Gasteiger partial charge in [-0.15, -0.1) is 0 Å². The molecule has 0 saturated heterocycles. The molecule has 0 radical (unpaired) electrons.